The number of hydrogen-bond donors (Lipinski definition) is 1. The fourth-order valence-corrected chi connectivity index (χ4v) is 6.06. The van der Waals surface area contributed by atoms with Gasteiger partial charge in [0.2, 0.25) is 0 Å². The van der Waals surface area contributed by atoms with Gasteiger partial charge in [0.05, 0.1) is 23.4 Å². The van der Waals surface area contributed by atoms with Crippen molar-refractivity contribution in [2.45, 2.75) is 17.7 Å². The van der Waals surface area contributed by atoms with Crippen LogP contribution in [0.5, 0.6) is 5.75 Å². The Balaban J connectivity index is 0.00000256. The number of benzene rings is 2. The highest BCUT2D eigenvalue weighted by atomic mass is 35.5. The van der Waals surface area contributed by atoms with Crippen molar-refractivity contribution in [3.05, 3.63) is 45.9 Å². The van der Waals surface area contributed by atoms with Crippen LogP contribution in [0.3, 0.4) is 0 Å². The first-order chi connectivity index (χ1) is 13.9. The minimum Gasteiger partial charge on any atom is -0.495 e. The molecule has 1 fully saturated rings. The van der Waals surface area contributed by atoms with Crippen molar-refractivity contribution in [3.63, 3.8) is 0 Å². The SMILES string of the molecule is COc1ccc(S(=O)(=O)N2CCCc3c(Cl)cc(Cl)cc32)cc1N1CCNCC1.Cl. The summed E-state index contributed by atoms with van der Waals surface area (Å²) in [5.74, 6) is 0.663. The Bertz CT molecular complexity index is 1030. The number of piperazine rings is 1. The molecule has 10 heteroatoms. The molecule has 2 aliphatic heterocycles. The quantitative estimate of drug-likeness (QED) is 0.700. The number of fused-ring (bicyclic) bond motifs is 1. The van der Waals surface area contributed by atoms with Gasteiger partial charge in [0.25, 0.3) is 10.0 Å². The van der Waals surface area contributed by atoms with E-state index in [1.54, 1.807) is 37.4 Å². The maximum absolute atomic E-state index is 13.6. The van der Waals surface area contributed by atoms with Gasteiger partial charge in [0, 0.05) is 42.8 Å². The van der Waals surface area contributed by atoms with Crippen LogP contribution in [0.25, 0.3) is 0 Å². The number of hydrogen-bond acceptors (Lipinski definition) is 5. The van der Waals surface area contributed by atoms with E-state index in [1.807, 2.05) is 0 Å². The Morgan fingerprint density at radius 3 is 2.47 bits per heavy atom. The maximum atomic E-state index is 13.6. The summed E-state index contributed by atoms with van der Waals surface area (Å²) in [6.07, 6.45) is 1.43. The van der Waals surface area contributed by atoms with E-state index in [2.05, 4.69) is 10.2 Å². The molecule has 0 radical (unpaired) electrons. The van der Waals surface area contributed by atoms with Crippen LogP contribution in [0.2, 0.25) is 10.0 Å². The maximum Gasteiger partial charge on any atom is 0.264 e. The van der Waals surface area contributed by atoms with Crippen LogP contribution in [0, 0.1) is 0 Å². The third-order valence-corrected chi connectivity index (χ3v) is 7.75. The molecule has 2 aromatic rings. The van der Waals surface area contributed by atoms with Gasteiger partial charge in [-0.25, -0.2) is 8.42 Å². The third kappa shape index (κ3) is 4.32. The molecule has 0 unspecified atom stereocenters. The Kier molecular flexibility index (Phi) is 7.30. The monoisotopic (exact) mass is 491 g/mol. The second-order valence-electron chi connectivity index (χ2n) is 7.14. The zero-order valence-electron chi connectivity index (χ0n) is 16.5. The van der Waals surface area contributed by atoms with Gasteiger partial charge in [-0.05, 0) is 48.7 Å². The summed E-state index contributed by atoms with van der Waals surface area (Å²) < 4.78 is 34.1. The van der Waals surface area contributed by atoms with Crippen molar-refractivity contribution >= 4 is 57.0 Å². The van der Waals surface area contributed by atoms with Gasteiger partial charge in [-0.3, -0.25) is 4.31 Å². The lowest BCUT2D eigenvalue weighted by Crippen LogP contribution is -2.43. The zero-order chi connectivity index (χ0) is 20.6. The smallest absolute Gasteiger partial charge is 0.264 e. The van der Waals surface area contributed by atoms with Crippen molar-refractivity contribution in [1.82, 2.24) is 5.32 Å². The molecule has 2 aliphatic rings. The van der Waals surface area contributed by atoms with E-state index in [9.17, 15) is 8.42 Å². The Morgan fingerprint density at radius 1 is 1.03 bits per heavy atom. The van der Waals surface area contributed by atoms with E-state index in [0.717, 1.165) is 43.9 Å². The number of rotatable bonds is 4. The average molecular weight is 493 g/mol. The molecule has 30 heavy (non-hydrogen) atoms. The highest BCUT2D eigenvalue weighted by molar-refractivity contribution is 7.92. The molecule has 1 saturated heterocycles. The lowest BCUT2D eigenvalue weighted by atomic mass is 10.0. The summed E-state index contributed by atoms with van der Waals surface area (Å²) >= 11 is 12.5. The van der Waals surface area contributed by atoms with Crippen molar-refractivity contribution in [2.24, 2.45) is 0 Å². The van der Waals surface area contributed by atoms with Gasteiger partial charge in [-0.2, -0.15) is 0 Å². The summed E-state index contributed by atoms with van der Waals surface area (Å²) in [5.41, 5.74) is 2.17. The number of halogens is 3. The van der Waals surface area contributed by atoms with Crippen LogP contribution in [0.4, 0.5) is 11.4 Å². The van der Waals surface area contributed by atoms with E-state index in [0.29, 0.717) is 34.4 Å². The standard InChI is InChI=1S/C20H23Cl2N3O3S.ClH/c1-28-20-5-4-15(13-19(20)24-9-6-23-7-10-24)29(26,27)25-8-2-3-16-17(22)11-14(21)12-18(16)25;/h4-5,11-13,23H,2-3,6-10H2,1H3;1H. The lowest BCUT2D eigenvalue weighted by molar-refractivity contribution is 0.412. The van der Waals surface area contributed by atoms with Crippen LogP contribution in [0.15, 0.2) is 35.2 Å². The lowest BCUT2D eigenvalue weighted by Gasteiger charge is -2.33. The molecule has 0 atom stereocenters. The first kappa shape index (κ1) is 23.3. The van der Waals surface area contributed by atoms with Gasteiger partial charge in [0.15, 0.2) is 0 Å². The Hall–Kier alpha value is -1.38. The van der Waals surface area contributed by atoms with Crippen LogP contribution in [-0.2, 0) is 16.4 Å². The van der Waals surface area contributed by atoms with Crippen LogP contribution in [-0.4, -0.2) is 48.3 Å². The minimum atomic E-state index is -3.78. The predicted molar refractivity (Wildman–Crippen MR) is 125 cm³/mol. The van der Waals surface area contributed by atoms with Crippen molar-refractivity contribution in [1.29, 1.82) is 0 Å². The number of anilines is 2. The third-order valence-electron chi connectivity index (χ3n) is 5.39. The fourth-order valence-electron chi connectivity index (χ4n) is 3.94. The molecular weight excluding hydrogens is 469 g/mol. The molecule has 0 aliphatic carbocycles. The molecule has 1 N–H and O–H groups in total. The van der Waals surface area contributed by atoms with Crippen LogP contribution >= 0.6 is 35.6 Å². The van der Waals surface area contributed by atoms with Crippen LogP contribution < -0.4 is 19.3 Å². The first-order valence-corrected chi connectivity index (χ1v) is 11.8. The molecule has 0 bridgehead atoms. The Labute approximate surface area is 193 Å². The summed E-state index contributed by atoms with van der Waals surface area (Å²) in [6, 6.07) is 8.37. The summed E-state index contributed by atoms with van der Waals surface area (Å²) in [5, 5.41) is 4.23. The van der Waals surface area contributed by atoms with E-state index < -0.39 is 10.0 Å². The highest BCUT2D eigenvalue weighted by Crippen LogP contribution is 2.39. The second-order valence-corrected chi connectivity index (χ2v) is 9.84. The molecule has 2 heterocycles. The van der Waals surface area contributed by atoms with Gasteiger partial charge >= 0.3 is 0 Å². The van der Waals surface area contributed by atoms with E-state index in [1.165, 1.54) is 4.31 Å². The topological polar surface area (TPSA) is 61.9 Å². The zero-order valence-corrected chi connectivity index (χ0v) is 19.7. The van der Waals surface area contributed by atoms with Crippen molar-refractivity contribution in [3.8, 4) is 5.75 Å². The molecule has 0 spiro atoms. The van der Waals surface area contributed by atoms with Gasteiger partial charge in [-0.1, -0.05) is 23.2 Å². The number of sulfonamides is 1. The molecule has 6 nitrogen and oxygen atoms in total. The van der Waals surface area contributed by atoms with E-state index >= 15 is 0 Å². The largest absolute Gasteiger partial charge is 0.495 e. The minimum absolute atomic E-state index is 0. The van der Waals surface area contributed by atoms with Gasteiger partial charge < -0.3 is 15.0 Å². The second kappa shape index (κ2) is 9.40. The molecule has 0 aromatic heterocycles. The summed E-state index contributed by atoms with van der Waals surface area (Å²) in [4.78, 5) is 2.38. The van der Waals surface area contributed by atoms with Crippen molar-refractivity contribution in [2.75, 3.05) is 49.0 Å². The highest BCUT2D eigenvalue weighted by Gasteiger charge is 2.31. The molecule has 4 rings (SSSR count). The first-order valence-electron chi connectivity index (χ1n) is 9.56. The van der Waals surface area contributed by atoms with Gasteiger partial charge in [0.1, 0.15) is 5.75 Å². The fraction of sp³-hybridized carbons (Fsp3) is 0.400. The summed E-state index contributed by atoms with van der Waals surface area (Å²) in [7, 11) is -2.18. The Morgan fingerprint density at radius 2 is 1.77 bits per heavy atom. The molecule has 164 valence electrons. The van der Waals surface area contributed by atoms with Gasteiger partial charge in [-0.15, -0.1) is 12.4 Å². The van der Waals surface area contributed by atoms with E-state index in [4.69, 9.17) is 27.9 Å². The van der Waals surface area contributed by atoms with Crippen molar-refractivity contribution < 1.29 is 13.2 Å². The molecule has 0 saturated carbocycles. The molecular formula is C20H24Cl3N3O3S. The summed E-state index contributed by atoms with van der Waals surface area (Å²) in [6.45, 7) is 3.66. The average Bonchev–Trinajstić information content (AvgIpc) is 2.73. The predicted octanol–water partition coefficient (Wildman–Crippen LogP) is 3.97. The number of ether oxygens (including phenoxy) is 1. The normalized spacial score (nSPS) is 16.6. The number of methoxy groups -OCH3 is 1. The number of nitrogens with zero attached hydrogens (tertiary/aromatic N) is 2. The molecule has 0 amide bonds. The molecule has 2 aromatic carbocycles. The van der Waals surface area contributed by atoms with Crippen LogP contribution in [0.1, 0.15) is 12.0 Å². The van der Waals surface area contributed by atoms with E-state index in [-0.39, 0.29) is 17.3 Å². The number of nitrogens with one attached hydrogen (secondary N) is 1.